The summed E-state index contributed by atoms with van der Waals surface area (Å²) in [6.07, 6.45) is 2.29. The number of benzene rings is 1. The first-order valence-electron chi connectivity index (χ1n) is 9.77. The van der Waals surface area contributed by atoms with Crippen LogP contribution in [0.5, 0.6) is 0 Å². The van der Waals surface area contributed by atoms with Gasteiger partial charge in [-0.25, -0.2) is 8.42 Å². The number of ether oxygens (including phenoxy) is 1. The number of morpholine rings is 1. The third-order valence-corrected chi connectivity index (χ3v) is 7.19. The molecule has 0 atom stereocenters. The van der Waals surface area contributed by atoms with Gasteiger partial charge in [0, 0.05) is 45.3 Å². The van der Waals surface area contributed by atoms with Crippen molar-refractivity contribution in [3.05, 3.63) is 28.3 Å². The molecular weight excluding hydrogens is 384 g/mol. The van der Waals surface area contributed by atoms with E-state index in [1.807, 2.05) is 4.90 Å². The monoisotopic (exact) mass is 412 g/mol. The number of piperazine rings is 1. The van der Waals surface area contributed by atoms with Crippen molar-refractivity contribution in [2.24, 2.45) is 0 Å². The summed E-state index contributed by atoms with van der Waals surface area (Å²) in [6, 6.07) is 4.26. The molecule has 0 aliphatic carbocycles. The number of hydrogen-bond donors (Lipinski definition) is 0. The Morgan fingerprint density at radius 2 is 1.79 bits per heavy atom. The first-order chi connectivity index (χ1) is 13.4. The molecule has 0 amide bonds. The number of sulfonamides is 1. The van der Waals surface area contributed by atoms with Crippen LogP contribution in [0.3, 0.4) is 0 Å². The zero-order chi connectivity index (χ0) is 20.1. The van der Waals surface area contributed by atoms with E-state index in [1.165, 1.54) is 16.4 Å². The maximum atomic E-state index is 12.8. The third kappa shape index (κ3) is 4.62. The molecule has 0 radical (unpaired) electrons. The summed E-state index contributed by atoms with van der Waals surface area (Å²) in [5, 5.41) is 11.7. The van der Waals surface area contributed by atoms with Crippen molar-refractivity contribution in [1.82, 2.24) is 9.21 Å². The molecule has 2 aliphatic rings. The van der Waals surface area contributed by atoms with Crippen LogP contribution < -0.4 is 4.90 Å². The van der Waals surface area contributed by atoms with Gasteiger partial charge in [0.1, 0.15) is 5.69 Å². The van der Waals surface area contributed by atoms with Gasteiger partial charge in [0.2, 0.25) is 10.0 Å². The minimum Gasteiger partial charge on any atom is -0.379 e. The molecule has 2 heterocycles. The zero-order valence-corrected chi connectivity index (χ0v) is 17.1. The summed E-state index contributed by atoms with van der Waals surface area (Å²) in [4.78, 5) is 15.5. The summed E-state index contributed by atoms with van der Waals surface area (Å²) in [5.41, 5.74) is 0.331. The van der Waals surface area contributed by atoms with Crippen LogP contribution in [0.25, 0.3) is 0 Å². The molecule has 0 unspecified atom stereocenters. The number of nitro benzene ring substituents is 1. The molecule has 1 aromatic carbocycles. The number of rotatable bonds is 7. The normalized spacial score (nSPS) is 19.7. The molecule has 2 fully saturated rings. The van der Waals surface area contributed by atoms with Crippen LogP contribution in [-0.4, -0.2) is 81.6 Å². The zero-order valence-electron chi connectivity index (χ0n) is 16.2. The molecule has 0 N–H and O–H groups in total. The van der Waals surface area contributed by atoms with Crippen molar-refractivity contribution in [3.8, 4) is 0 Å². The van der Waals surface area contributed by atoms with Crippen LogP contribution in [0, 0.1) is 10.1 Å². The lowest BCUT2D eigenvalue weighted by Crippen LogP contribution is -2.46. The van der Waals surface area contributed by atoms with Crippen LogP contribution in [0.15, 0.2) is 23.1 Å². The van der Waals surface area contributed by atoms with Crippen molar-refractivity contribution in [3.63, 3.8) is 0 Å². The van der Waals surface area contributed by atoms with Crippen LogP contribution >= 0.6 is 0 Å². The molecule has 156 valence electrons. The van der Waals surface area contributed by atoms with Crippen LogP contribution in [0.1, 0.15) is 19.8 Å². The van der Waals surface area contributed by atoms with Gasteiger partial charge in [-0.3, -0.25) is 15.0 Å². The Kier molecular flexibility index (Phi) is 6.86. The van der Waals surface area contributed by atoms with Gasteiger partial charge in [-0.05, 0) is 25.1 Å². The lowest BCUT2D eigenvalue weighted by atomic mass is 10.2. The van der Waals surface area contributed by atoms with E-state index in [-0.39, 0.29) is 23.7 Å². The quantitative estimate of drug-likeness (QED) is 0.495. The second-order valence-electron chi connectivity index (χ2n) is 7.11. The van der Waals surface area contributed by atoms with Gasteiger partial charge in [0.25, 0.3) is 5.69 Å². The van der Waals surface area contributed by atoms with E-state index >= 15 is 0 Å². The Morgan fingerprint density at radius 3 is 2.39 bits per heavy atom. The molecule has 1 aromatic rings. The minimum absolute atomic E-state index is 0.0357. The molecule has 0 spiro atoms. The predicted octanol–water partition coefficient (Wildman–Crippen LogP) is 1.54. The van der Waals surface area contributed by atoms with Gasteiger partial charge in [0.15, 0.2) is 0 Å². The molecule has 0 saturated carbocycles. The van der Waals surface area contributed by atoms with E-state index in [0.29, 0.717) is 32.0 Å². The second-order valence-corrected chi connectivity index (χ2v) is 9.04. The third-order valence-electron chi connectivity index (χ3n) is 5.29. The van der Waals surface area contributed by atoms with E-state index in [2.05, 4.69) is 11.8 Å². The summed E-state index contributed by atoms with van der Waals surface area (Å²) in [6.45, 7) is 7.49. The van der Waals surface area contributed by atoms with Crippen molar-refractivity contribution < 1.29 is 18.1 Å². The average Bonchev–Trinajstić information content (AvgIpc) is 2.72. The fourth-order valence-corrected chi connectivity index (χ4v) is 5.04. The van der Waals surface area contributed by atoms with Gasteiger partial charge in [0.05, 0.1) is 23.0 Å². The SMILES string of the molecule is CCCCN1CCN(c2ccc(S(=O)(=O)N3CCOCC3)cc2[N+](=O)[O-])CC1. The van der Waals surface area contributed by atoms with Gasteiger partial charge in [-0.15, -0.1) is 0 Å². The molecule has 9 nitrogen and oxygen atoms in total. The van der Waals surface area contributed by atoms with Crippen LogP contribution in [0.4, 0.5) is 11.4 Å². The Hall–Kier alpha value is -1.75. The topological polar surface area (TPSA) is 96.2 Å². The highest BCUT2D eigenvalue weighted by molar-refractivity contribution is 7.89. The minimum atomic E-state index is -3.76. The predicted molar refractivity (Wildman–Crippen MR) is 106 cm³/mol. The Labute approximate surface area is 166 Å². The van der Waals surface area contributed by atoms with Crippen molar-refractivity contribution in [2.45, 2.75) is 24.7 Å². The van der Waals surface area contributed by atoms with Crippen LogP contribution in [-0.2, 0) is 14.8 Å². The lowest BCUT2D eigenvalue weighted by Gasteiger charge is -2.35. The average molecular weight is 413 g/mol. The summed E-state index contributed by atoms with van der Waals surface area (Å²) >= 11 is 0. The molecule has 2 saturated heterocycles. The smallest absolute Gasteiger partial charge is 0.293 e. The number of hydrogen-bond acceptors (Lipinski definition) is 7. The molecule has 28 heavy (non-hydrogen) atoms. The summed E-state index contributed by atoms with van der Waals surface area (Å²) < 4.78 is 32.2. The second kappa shape index (κ2) is 9.17. The number of unbranched alkanes of at least 4 members (excludes halogenated alkanes) is 1. The Bertz CT molecular complexity index is 787. The molecule has 0 aromatic heterocycles. The maximum Gasteiger partial charge on any atom is 0.293 e. The van der Waals surface area contributed by atoms with Gasteiger partial charge in [-0.1, -0.05) is 13.3 Å². The molecule has 2 aliphatic heterocycles. The first kappa shape index (κ1) is 21.0. The van der Waals surface area contributed by atoms with E-state index in [1.54, 1.807) is 6.07 Å². The molecule has 10 heteroatoms. The van der Waals surface area contributed by atoms with E-state index in [4.69, 9.17) is 4.74 Å². The fourth-order valence-electron chi connectivity index (χ4n) is 3.61. The lowest BCUT2D eigenvalue weighted by molar-refractivity contribution is -0.384. The molecule has 3 rings (SSSR count). The van der Waals surface area contributed by atoms with E-state index in [0.717, 1.165) is 32.5 Å². The van der Waals surface area contributed by atoms with Crippen molar-refractivity contribution in [2.75, 3.05) is 63.9 Å². The van der Waals surface area contributed by atoms with E-state index in [9.17, 15) is 18.5 Å². The Morgan fingerprint density at radius 1 is 1.11 bits per heavy atom. The number of nitrogens with zero attached hydrogens (tertiary/aromatic N) is 4. The fraction of sp³-hybridized carbons (Fsp3) is 0.667. The number of nitro groups is 1. The van der Waals surface area contributed by atoms with Crippen LogP contribution in [0.2, 0.25) is 0 Å². The highest BCUT2D eigenvalue weighted by Gasteiger charge is 2.30. The van der Waals surface area contributed by atoms with Gasteiger partial charge >= 0.3 is 0 Å². The Balaban J connectivity index is 1.79. The van der Waals surface area contributed by atoms with Crippen molar-refractivity contribution >= 4 is 21.4 Å². The summed E-state index contributed by atoms with van der Waals surface area (Å²) in [7, 11) is -3.76. The number of anilines is 1. The van der Waals surface area contributed by atoms with Gasteiger partial charge < -0.3 is 9.64 Å². The molecule has 0 bridgehead atoms. The maximum absolute atomic E-state index is 12.8. The first-order valence-corrected chi connectivity index (χ1v) is 11.2. The van der Waals surface area contributed by atoms with Gasteiger partial charge in [-0.2, -0.15) is 4.31 Å². The largest absolute Gasteiger partial charge is 0.379 e. The van der Waals surface area contributed by atoms with Crippen molar-refractivity contribution in [1.29, 1.82) is 0 Å². The highest BCUT2D eigenvalue weighted by Crippen LogP contribution is 2.32. The standard InChI is InChI=1S/C18H28N4O5S/c1-2-3-6-19-7-9-20(10-8-19)17-5-4-16(15-18(17)22(23)24)28(25,26)21-11-13-27-14-12-21/h4-5,15H,2-3,6-14H2,1H3. The highest BCUT2D eigenvalue weighted by atomic mass is 32.2. The molecular formula is C18H28N4O5S. The summed E-state index contributed by atoms with van der Waals surface area (Å²) in [5.74, 6) is 0. The van der Waals surface area contributed by atoms with E-state index < -0.39 is 14.9 Å².